The molecule has 168 valence electrons. The quantitative estimate of drug-likeness (QED) is 0.648. The summed E-state index contributed by atoms with van der Waals surface area (Å²) in [7, 11) is -3.71. The number of carbonyl (C=O) groups excluding carboxylic acids is 1. The number of hydrogen-bond donors (Lipinski definition) is 2. The molecule has 1 heterocycles. The van der Waals surface area contributed by atoms with Crippen LogP contribution in [0, 0.1) is 6.92 Å². The molecule has 3 N–H and O–H groups in total. The van der Waals surface area contributed by atoms with E-state index in [1.165, 1.54) is 23.4 Å². The Kier molecular flexibility index (Phi) is 7.69. The van der Waals surface area contributed by atoms with Crippen molar-refractivity contribution in [3.8, 4) is 0 Å². The van der Waals surface area contributed by atoms with Crippen molar-refractivity contribution < 1.29 is 13.2 Å². The topological polar surface area (TPSA) is 95.7 Å². The summed E-state index contributed by atoms with van der Waals surface area (Å²) in [5.41, 5.74) is 3.33. The molecule has 0 aliphatic carbocycles. The van der Waals surface area contributed by atoms with Gasteiger partial charge in [-0.05, 0) is 55.7 Å². The van der Waals surface area contributed by atoms with Crippen LogP contribution in [0.2, 0.25) is 0 Å². The van der Waals surface area contributed by atoms with E-state index in [9.17, 15) is 13.2 Å². The van der Waals surface area contributed by atoms with Crippen LogP contribution in [-0.4, -0.2) is 58.0 Å². The third-order valence-corrected chi connectivity index (χ3v) is 6.57. The standard InChI is InChI=1S/C23H32N4O3S/c1-18-4-3-5-21(16-18)27-14-12-26(13-15-27)11-10-19(2)25-23(28)17-20-6-8-22(9-7-20)31(24,29)30/h3-9,16,19H,10-15,17H2,1-2H3,(H,25,28)(H2,24,29,30). The van der Waals surface area contributed by atoms with Gasteiger partial charge in [0.15, 0.2) is 0 Å². The fourth-order valence-electron chi connectivity index (χ4n) is 3.81. The molecule has 1 unspecified atom stereocenters. The summed E-state index contributed by atoms with van der Waals surface area (Å²) in [5.74, 6) is -0.0693. The zero-order chi connectivity index (χ0) is 22.4. The van der Waals surface area contributed by atoms with Crippen LogP contribution in [0.3, 0.4) is 0 Å². The Bertz CT molecular complexity index is 984. The van der Waals surface area contributed by atoms with Crippen LogP contribution in [0.4, 0.5) is 5.69 Å². The van der Waals surface area contributed by atoms with Crippen molar-refractivity contribution in [2.24, 2.45) is 5.14 Å². The smallest absolute Gasteiger partial charge is 0.238 e. The number of nitrogens with one attached hydrogen (secondary N) is 1. The van der Waals surface area contributed by atoms with Crippen molar-refractivity contribution in [3.63, 3.8) is 0 Å². The van der Waals surface area contributed by atoms with Gasteiger partial charge >= 0.3 is 0 Å². The van der Waals surface area contributed by atoms with Gasteiger partial charge in [-0.1, -0.05) is 24.3 Å². The van der Waals surface area contributed by atoms with E-state index < -0.39 is 10.0 Å². The minimum atomic E-state index is -3.71. The number of nitrogens with zero attached hydrogens (tertiary/aromatic N) is 2. The fraction of sp³-hybridized carbons (Fsp3) is 0.435. The lowest BCUT2D eigenvalue weighted by atomic mass is 10.1. The lowest BCUT2D eigenvalue weighted by Gasteiger charge is -2.36. The minimum Gasteiger partial charge on any atom is -0.369 e. The number of anilines is 1. The highest BCUT2D eigenvalue weighted by atomic mass is 32.2. The second-order valence-corrected chi connectivity index (χ2v) is 9.85. The Hall–Kier alpha value is -2.42. The van der Waals surface area contributed by atoms with E-state index in [-0.39, 0.29) is 23.3 Å². The van der Waals surface area contributed by atoms with E-state index in [4.69, 9.17) is 5.14 Å². The molecule has 0 spiro atoms. The van der Waals surface area contributed by atoms with Gasteiger partial charge in [0.05, 0.1) is 11.3 Å². The number of amides is 1. The van der Waals surface area contributed by atoms with Gasteiger partial charge in [-0.2, -0.15) is 0 Å². The average molecular weight is 445 g/mol. The van der Waals surface area contributed by atoms with Crippen molar-refractivity contribution in [1.82, 2.24) is 10.2 Å². The first kappa shape index (κ1) is 23.2. The predicted octanol–water partition coefficient (Wildman–Crippen LogP) is 1.90. The zero-order valence-electron chi connectivity index (χ0n) is 18.3. The van der Waals surface area contributed by atoms with Gasteiger partial charge in [0, 0.05) is 44.5 Å². The molecule has 1 aliphatic heterocycles. The van der Waals surface area contributed by atoms with Gasteiger partial charge in [-0.25, -0.2) is 13.6 Å². The number of carbonyl (C=O) groups is 1. The van der Waals surface area contributed by atoms with Gasteiger partial charge in [-0.3, -0.25) is 9.69 Å². The number of rotatable bonds is 8. The van der Waals surface area contributed by atoms with Gasteiger partial charge in [0.25, 0.3) is 0 Å². The first-order valence-electron chi connectivity index (χ1n) is 10.7. The van der Waals surface area contributed by atoms with E-state index in [1.54, 1.807) is 12.1 Å². The zero-order valence-corrected chi connectivity index (χ0v) is 19.1. The molecular formula is C23H32N4O3S. The minimum absolute atomic E-state index is 0.0486. The van der Waals surface area contributed by atoms with Gasteiger partial charge in [0.1, 0.15) is 0 Å². The van der Waals surface area contributed by atoms with E-state index in [1.807, 2.05) is 6.92 Å². The second-order valence-electron chi connectivity index (χ2n) is 8.29. The highest BCUT2D eigenvalue weighted by molar-refractivity contribution is 7.89. The van der Waals surface area contributed by atoms with E-state index in [2.05, 4.69) is 46.3 Å². The SMILES string of the molecule is Cc1cccc(N2CCN(CCC(C)NC(=O)Cc3ccc(S(N)(=O)=O)cc3)CC2)c1. The van der Waals surface area contributed by atoms with Crippen LogP contribution < -0.4 is 15.4 Å². The van der Waals surface area contributed by atoms with Gasteiger partial charge in [0.2, 0.25) is 15.9 Å². The van der Waals surface area contributed by atoms with Crippen molar-refractivity contribution in [2.75, 3.05) is 37.6 Å². The maximum absolute atomic E-state index is 12.3. The molecule has 1 atom stereocenters. The Morgan fingerprint density at radius 1 is 1.10 bits per heavy atom. The largest absolute Gasteiger partial charge is 0.369 e. The number of benzene rings is 2. The molecule has 0 bridgehead atoms. The number of sulfonamides is 1. The molecule has 1 aliphatic rings. The summed E-state index contributed by atoms with van der Waals surface area (Å²) in [6.45, 7) is 9.15. The van der Waals surface area contributed by atoms with Crippen molar-refractivity contribution in [3.05, 3.63) is 59.7 Å². The second kappa shape index (κ2) is 10.3. The first-order valence-corrected chi connectivity index (χ1v) is 12.2. The molecule has 1 saturated heterocycles. The summed E-state index contributed by atoms with van der Waals surface area (Å²) in [6.07, 6.45) is 1.10. The fourth-order valence-corrected chi connectivity index (χ4v) is 4.33. The molecule has 0 radical (unpaired) electrons. The van der Waals surface area contributed by atoms with Crippen LogP contribution in [0.15, 0.2) is 53.4 Å². The molecule has 3 rings (SSSR count). The molecule has 31 heavy (non-hydrogen) atoms. The van der Waals surface area contributed by atoms with Crippen molar-refractivity contribution in [1.29, 1.82) is 0 Å². The highest BCUT2D eigenvalue weighted by Gasteiger charge is 2.18. The van der Waals surface area contributed by atoms with Gasteiger partial charge in [-0.15, -0.1) is 0 Å². The van der Waals surface area contributed by atoms with Crippen LogP contribution in [0.5, 0.6) is 0 Å². The summed E-state index contributed by atoms with van der Waals surface area (Å²) < 4.78 is 22.6. The van der Waals surface area contributed by atoms with Crippen molar-refractivity contribution in [2.45, 2.75) is 37.6 Å². The number of aryl methyl sites for hydroxylation is 1. The summed E-state index contributed by atoms with van der Waals surface area (Å²) in [5, 5.41) is 8.13. The lowest BCUT2D eigenvalue weighted by molar-refractivity contribution is -0.121. The molecule has 8 heteroatoms. The molecular weight excluding hydrogens is 412 g/mol. The van der Waals surface area contributed by atoms with Crippen LogP contribution in [0.25, 0.3) is 0 Å². The maximum atomic E-state index is 12.3. The number of piperazine rings is 1. The predicted molar refractivity (Wildman–Crippen MR) is 124 cm³/mol. The Morgan fingerprint density at radius 3 is 2.39 bits per heavy atom. The highest BCUT2D eigenvalue weighted by Crippen LogP contribution is 2.18. The molecule has 2 aromatic rings. The molecule has 1 amide bonds. The molecule has 0 saturated carbocycles. The summed E-state index contributed by atoms with van der Waals surface area (Å²) >= 11 is 0. The molecule has 2 aromatic carbocycles. The first-order chi connectivity index (χ1) is 14.7. The monoisotopic (exact) mass is 444 g/mol. The van der Waals surface area contributed by atoms with E-state index in [0.717, 1.165) is 44.7 Å². The van der Waals surface area contributed by atoms with Gasteiger partial charge < -0.3 is 10.2 Å². The van der Waals surface area contributed by atoms with E-state index >= 15 is 0 Å². The number of nitrogens with two attached hydrogens (primary N) is 1. The lowest BCUT2D eigenvalue weighted by Crippen LogP contribution is -2.47. The Morgan fingerprint density at radius 2 is 1.77 bits per heavy atom. The van der Waals surface area contributed by atoms with Crippen LogP contribution >= 0.6 is 0 Å². The number of primary sulfonamides is 1. The third-order valence-electron chi connectivity index (χ3n) is 5.64. The maximum Gasteiger partial charge on any atom is 0.238 e. The average Bonchev–Trinajstić information content (AvgIpc) is 2.72. The van der Waals surface area contributed by atoms with E-state index in [0.29, 0.717) is 0 Å². The van der Waals surface area contributed by atoms with Crippen LogP contribution in [-0.2, 0) is 21.2 Å². The Balaban J connectivity index is 1.38. The Labute approximate surface area is 185 Å². The number of hydrogen-bond acceptors (Lipinski definition) is 5. The molecule has 1 fully saturated rings. The third kappa shape index (κ3) is 7.05. The molecule has 7 nitrogen and oxygen atoms in total. The van der Waals surface area contributed by atoms with Crippen LogP contribution in [0.1, 0.15) is 24.5 Å². The summed E-state index contributed by atoms with van der Waals surface area (Å²) in [6, 6.07) is 14.8. The summed E-state index contributed by atoms with van der Waals surface area (Å²) in [4.78, 5) is 17.2. The van der Waals surface area contributed by atoms with Crippen molar-refractivity contribution >= 4 is 21.6 Å². The molecule has 0 aromatic heterocycles. The normalized spacial score (nSPS) is 16.2.